The Labute approximate surface area is 166 Å². The van der Waals surface area contributed by atoms with Gasteiger partial charge in [-0.15, -0.1) is 0 Å². The summed E-state index contributed by atoms with van der Waals surface area (Å²) in [6.45, 7) is 1.55. The second kappa shape index (κ2) is 8.11. The standard InChI is InChI=1S/C21H29FN2O3S/c22-18-7-9-19(10-8-18)28(26,27)23-14-11-17(12-15-23)21(25)24-13-3-5-16-4-1-2-6-20(16)24/h7-10,16-17,20H,1-6,11-15H2/t16-,20-/m1/s1. The zero-order valence-corrected chi connectivity index (χ0v) is 17.0. The van der Waals surface area contributed by atoms with Crippen LogP contribution in [0.1, 0.15) is 51.4 Å². The largest absolute Gasteiger partial charge is 0.339 e. The summed E-state index contributed by atoms with van der Waals surface area (Å²) in [5.41, 5.74) is 0. The molecule has 1 aromatic rings. The van der Waals surface area contributed by atoms with E-state index in [-0.39, 0.29) is 16.7 Å². The number of likely N-dealkylation sites (tertiary alicyclic amines) is 1. The van der Waals surface area contributed by atoms with Crippen LogP contribution in [0.4, 0.5) is 4.39 Å². The van der Waals surface area contributed by atoms with Gasteiger partial charge in [-0.1, -0.05) is 12.8 Å². The highest BCUT2D eigenvalue weighted by Crippen LogP contribution is 2.37. The van der Waals surface area contributed by atoms with Gasteiger partial charge >= 0.3 is 0 Å². The number of benzene rings is 1. The molecule has 3 aliphatic rings. The van der Waals surface area contributed by atoms with Gasteiger partial charge in [-0.25, -0.2) is 12.8 Å². The Morgan fingerprint density at radius 2 is 1.54 bits per heavy atom. The maximum atomic E-state index is 13.2. The summed E-state index contributed by atoms with van der Waals surface area (Å²) < 4.78 is 40.1. The fourth-order valence-electron chi connectivity index (χ4n) is 5.23. The lowest BCUT2D eigenvalue weighted by Crippen LogP contribution is -2.53. The molecule has 5 nitrogen and oxygen atoms in total. The Morgan fingerprint density at radius 3 is 2.25 bits per heavy atom. The van der Waals surface area contributed by atoms with Crippen molar-refractivity contribution >= 4 is 15.9 Å². The molecule has 1 aromatic carbocycles. The normalized spacial score (nSPS) is 27.4. The van der Waals surface area contributed by atoms with Gasteiger partial charge in [-0.2, -0.15) is 4.31 Å². The molecule has 7 heteroatoms. The van der Waals surface area contributed by atoms with Crippen LogP contribution in [0.15, 0.2) is 29.2 Å². The molecule has 1 aliphatic carbocycles. The highest BCUT2D eigenvalue weighted by Gasteiger charge is 2.39. The number of carbonyl (C=O) groups is 1. The van der Waals surface area contributed by atoms with Crippen molar-refractivity contribution < 1.29 is 17.6 Å². The highest BCUT2D eigenvalue weighted by atomic mass is 32.2. The van der Waals surface area contributed by atoms with Crippen molar-refractivity contribution in [1.82, 2.24) is 9.21 Å². The molecule has 2 saturated heterocycles. The summed E-state index contributed by atoms with van der Waals surface area (Å²) in [5, 5.41) is 0. The van der Waals surface area contributed by atoms with Gasteiger partial charge < -0.3 is 4.90 Å². The van der Waals surface area contributed by atoms with E-state index in [1.165, 1.54) is 54.3 Å². The maximum absolute atomic E-state index is 13.2. The minimum absolute atomic E-state index is 0.0830. The van der Waals surface area contributed by atoms with E-state index in [1.54, 1.807) is 0 Å². The molecule has 0 bridgehead atoms. The van der Waals surface area contributed by atoms with Crippen LogP contribution in [0.25, 0.3) is 0 Å². The third-order valence-electron chi connectivity index (χ3n) is 6.78. The lowest BCUT2D eigenvalue weighted by atomic mass is 9.77. The average molecular weight is 409 g/mol. The lowest BCUT2D eigenvalue weighted by molar-refractivity contribution is -0.143. The molecule has 28 heavy (non-hydrogen) atoms. The smallest absolute Gasteiger partial charge is 0.243 e. The SMILES string of the molecule is O=C(C1CCN(S(=O)(=O)c2ccc(F)cc2)CC1)N1CCC[C@H]2CCCC[C@H]21. The van der Waals surface area contributed by atoms with Crippen LogP contribution in [0.5, 0.6) is 0 Å². The van der Waals surface area contributed by atoms with Crippen LogP contribution < -0.4 is 0 Å². The predicted molar refractivity (Wildman–Crippen MR) is 105 cm³/mol. The quantitative estimate of drug-likeness (QED) is 0.770. The van der Waals surface area contributed by atoms with Gasteiger partial charge in [0.25, 0.3) is 0 Å². The third kappa shape index (κ3) is 3.83. The van der Waals surface area contributed by atoms with E-state index in [4.69, 9.17) is 0 Å². The highest BCUT2D eigenvalue weighted by molar-refractivity contribution is 7.89. The van der Waals surface area contributed by atoms with Crippen LogP contribution in [-0.4, -0.2) is 49.2 Å². The van der Waals surface area contributed by atoms with E-state index in [9.17, 15) is 17.6 Å². The van der Waals surface area contributed by atoms with Gasteiger partial charge in [-0.3, -0.25) is 4.79 Å². The Kier molecular flexibility index (Phi) is 5.74. The number of carbonyl (C=O) groups excluding carboxylic acids is 1. The minimum Gasteiger partial charge on any atom is -0.339 e. The van der Waals surface area contributed by atoms with E-state index < -0.39 is 15.8 Å². The summed E-state index contributed by atoms with van der Waals surface area (Å²) in [4.78, 5) is 15.4. The molecular weight excluding hydrogens is 379 g/mol. The van der Waals surface area contributed by atoms with Crippen molar-refractivity contribution in [3.8, 4) is 0 Å². The van der Waals surface area contributed by atoms with Crippen molar-refractivity contribution in [2.45, 2.75) is 62.3 Å². The summed E-state index contributed by atoms with van der Waals surface area (Å²) in [6.07, 6.45) is 8.30. The van der Waals surface area contributed by atoms with Gasteiger partial charge in [-0.05, 0) is 68.7 Å². The molecule has 0 N–H and O–H groups in total. The van der Waals surface area contributed by atoms with E-state index in [0.717, 1.165) is 19.4 Å². The molecule has 2 atom stereocenters. The Morgan fingerprint density at radius 1 is 0.893 bits per heavy atom. The van der Waals surface area contributed by atoms with Gasteiger partial charge in [0.15, 0.2) is 0 Å². The van der Waals surface area contributed by atoms with Crippen molar-refractivity contribution in [3.63, 3.8) is 0 Å². The molecule has 0 unspecified atom stereocenters. The monoisotopic (exact) mass is 408 g/mol. The second-order valence-corrected chi connectivity index (χ2v) is 10.4. The Bertz CT molecular complexity index is 801. The number of halogens is 1. The number of rotatable bonds is 3. The van der Waals surface area contributed by atoms with Crippen molar-refractivity contribution in [1.29, 1.82) is 0 Å². The zero-order valence-electron chi connectivity index (χ0n) is 16.2. The van der Waals surface area contributed by atoms with Gasteiger partial charge in [0.1, 0.15) is 5.82 Å². The fraction of sp³-hybridized carbons (Fsp3) is 0.667. The van der Waals surface area contributed by atoms with Crippen molar-refractivity contribution in [2.24, 2.45) is 11.8 Å². The first kappa shape index (κ1) is 19.8. The Balaban J connectivity index is 1.39. The first-order valence-corrected chi connectivity index (χ1v) is 12.0. The van der Waals surface area contributed by atoms with Gasteiger partial charge in [0.05, 0.1) is 4.90 Å². The number of hydrogen-bond donors (Lipinski definition) is 0. The fourth-order valence-corrected chi connectivity index (χ4v) is 6.70. The first-order valence-electron chi connectivity index (χ1n) is 10.5. The molecule has 154 valence electrons. The van der Waals surface area contributed by atoms with Crippen LogP contribution in [-0.2, 0) is 14.8 Å². The summed E-state index contributed by atoms with van der Waals surface area (Å²) in [6, 6.07) is 5.34. The van der Waals surface area contributed by atoms with Gasteiger partial charge in [0, 0.05) is 31.6 Å². The number of fused-ring (bicyclic) bond motifs is 1. The van der Waals surface area contributed by atoms with Crippen LogP contribution in [0.3, 0.4) is 0 Å². The molecular formula is C21H29FN2O3S. The molecule has 2 heterocycles. The topological polar surface area (TPSA) is 57.7 Å². The maximum Gasteiger partial charge on any atom is 0.243 e. The van der Waals surface area contributed by atoms with E-state index in [2.05, 4.69) is 4.90 Å². The molecule has 4 rings (SSSR count). The molecule has 0 radical (unpaired) electrons. The number of hydrogen-bond acceptors (Lipinski definition) is 3. The van der Waals surface area contributed by atoms with E-state index >= 15 is 0 Å². The molecule has 1 amide bonds. The van der Waals surface area contributed by atoms with Crippen molar-refractivity contribution in [2.75, 3.05) is 19.6 Å². The minimum atomic E-state index is -3.63. The van der Waals surface area contributed by atoms with Crippen molar-refractivity contribution in [3.05, 3.63) is 30.1 Å². The van der Waals surface area contributed by atoms with Crippen LogP contribution in [0.2, 0.25) is 0 Å². The van der Waals surface area contributed by atoms with Crippen LogP contribution in [0, 0.1) is 17.7 Å². The molecule has 0 aromatic heterocycles. The first-order chi connectivity index (χ1) is 13.5. The van der Waals surface area contributed by atoms with E-state index in [1.807, 2.05) is 0 Å². The number of amides is 1. The molecule has 3 fully saturated rings. The number of nitrogens with zero attached hydrogens (tertiary/aromatic N) is 2. The van der Waals surface area contributed by atoms with Crippen LogP contribution >= 0.6 is 0 Å². The van der Waals surface area contributed by atoms with E-state index in [0.29, 0.717) is 37.9 Å². The summed E-state index contributed by atoms with van der Waals surface area (Å²) >= 11 is 0. The number of piperidine rings is 2. The predicted octanol–water partition coefficient (Wildman–Crippen LogP) is 3.41. The van der Waals surface area contributed by atoms with Gasteiger partial charge in [0.2, 0.25) is 15.9 Å². The zero-order chi connectivity index (χ0) is 19.7. The molecule has 0 spiro atoms. The second-order valence-electron chi connectivity index (χ2n) is 8.42. The number of sulfonamides is 1. The molecule has 2 aliphatic heterocycles. The lowest BCUT2D eigenvalue weighted by Gasteiger charge is -2.46. The third-order valence-corrected chi connectivity index (χ3v) is 8.69. The average Bonchev–Trinajstić information content (AvgIpc) is 2.73. The molecule has 1 saturated carbocycles. The Hall–Kier alpha value is -1.47. The summed E-state index contributed by atoms with van der Waals surface area (Å²) in [7, 11) is -3.63. The summed E-state index contributed by atoms with van der Waals surface area (Å²) in [5.74, 6) is 0.354.